The van der Waals surface area contributed by atoms with E-state index in [-0.39, 0.29) is 17.6 Å². The van der Waals surface area contributed by atoms with Crippen LogP contribution in [0.2, 0.25) is 0 Å². The van der Waals surface area contributed by atoms with E-state index in [1.807, 2.05) is 11.9 Å². The molecule has 0 unspecified atom stereocenters. The standard InChI is InChI=1S/C28H36F3N3O2/c1-32(16-11-22-12-17-33(18-13-22)21-23-5-3-2-4-6-23)27(35)24-14-19-34(20-15-24)25-7-9-26(10-8-25)36-28(29,30)31/h2-10,22,24H,11-21H2,1H3. The van der Waals surface area contributed by atoms with Gasteiger partial charge < -0.3 is 14.5 Å². The Labute approximate surface area is 211 Å². The molecular weight excluding hydrogens is 467 g/mol. The molecule has 0 aromatic heterocycles. The molecular formula is C28H36F3N3O2. The highest BCUT2D eigenvalue weighted by Gasteiger charge is 2.31. The fourth-order valence-corrected chi connectivity index (χ4v) is 5.32. The third-order valence-electron chi connectivity index (χ3n) is 7.48. The summed E-state index contributed by atoms with van der Waals surface area (Å²) in [5.41, 5.74) is 2.21. The first-order valence-corrected chi connectivity index (χ1v) is 12.9. The third kappa shape index (κ3) is 7.63. The van der Waals surface area contributed by atoms with Crippen LogP contribution in [0.1, 0.15) is 37.7 Å². The fourth-order valence-electron chi connectivity index (χ4n) is 5.32. The summed E-state index contributed by atoms with van der Waals surface area (Å²) in [4.78, 5) is 19.6. The van der Waals surface area contributed by atoms with Gasteiger partial charge in [0.05, 0.1) is 0 Å². The highest BCUT2D eigenvalue weighted by molar-refractivity contribution is 5.79. The van der Waals surface area contributed by atoms with Gasteiger partial charge in [0.25, 0.3) is 0 Å². The lowest BCUT2D eigenvalue weighted by molar-refractivity contribution is -0.274. The SMILES string of the molecule is CN(CCC1CCN(Cc2ccccc2)CC1)C(=O)C1CCN(c2ccc(OC(F)(F)F)cc2)CC1. The van der Waals surface area contributed by atoms with E-state index >= 15 is 0 Å². The third-order valence-corrected chi connectivity index (χ3v) is 7.48. The second kappa shape index (κ2) is 12.0. The van der Waals surface area contributed by atoms with Gasteiger partial charge in [-0.3, -0.25) is 9.69 Å². The Balaban J connectivity index is 1.15. The maximum atomic E-state index is 13.0. The number of amides is 1. The van der Waals surface area contributed by atoms with Crippen LogP contribution in [0.3, 0.4) is 0 Å². The summed E-state index contributed by atoms with van der Waals surface area (Å²) in [6.07, 6.45) is 0.225. The molecule has 2 aliphatic heterocycles. The molecule has 2 aliphatic rings. The minimum absolute atomic E-state index is 0.00630. The lowest BCUT2D eigenvalue weighted by Crippen LogP contribution is -2.42. The van der Waals surface area contributed by atoms with Crippen molar-refractivity contribution in [2.75, 3.05) is 44.7 Å². The highest BCUT2D eigenvalue weighted by atomic mass is 19.4. The van der Waals surface area contributed by atoms with Crippen LogP contribution >= 0.6 is 0 Å². The van der Waals surface area contributed by atoms with E-state index in [0.29, 0.717) is 19.0 Å². The maximum absolute atomic E-state index is 13.0. The quantitative estimate of drug-likeness (QED) is 0.473. The number of hydrogen-bond acceptors (Lipinski definition) is 4. The minimum atomic E-state index is -4.69. The number of piperidine rings is 2. The molecule has 5 nitrogen and oxygen atoms in total. The van der Waals surface area contributed by atoms with Gasteiger partial charge in [-0.25, -0.2) is 0 Å². The minimum Gasteiger partial charge on any atom is -0.406 e. The Kier molecular flexibility index (Phi) is 8.77. The van der Waals surface area contributed by atoms with Gasteiger partial charge in [0.1, 0.15) is 5.75 Å². The molecule has 2 fully saturated rings. The van der Waals surface area contributed by atoms with E-state index in [2.05, 4.69) is 44.9 Å². The lowest BCUT2D eigenvalue weighted by atomic mass is 9.92. The molecule has 2 aromatic rings. The number of halogens is 3. The Morgan fingerprint density at radius 3 is 2.19 bits per heavy atom. The van der Waals surface area contributed by atoms with E-state index in [1.165, 1.54) is 30.5 Å². The molecule has 1 amide bonds. The molecule has 2 heterocycles. The predicted molar refractivity (Wildman–Crippen MR) is 135 cm³/mol. The molecule has 0 atom stereocenters. The predicted octanol–water partition coefficient (Wildman–Crippen LogP) is 5.56. The second-order valence-electron chi connectivity index (χ2n) is 10.1. The fraction of sp³-hybridized carbons (Fsp3) is 0.536. The summed E-state index contributed by atoms with van der Waals surface area (Å²) >= 11 is 0. The van der Waals surface area contributed by atoms with Crippen molar-refractivity contribution in [2.24, 2.45) is 11.8 Å². The van der Waals surface area contributed by atoms with Crippen molar-refractivity contribution in [3.8, 4) is 5.75 Å². The van der Waals surface area contributed by atoms with E-state index in [0.717, 1.165) is 51.1 Å². The number of rotatable bonds is 8. The number of likely N-dealkylation sites (tertiary alicyclic amines) is 1. The molecule has 196 valence electrons. The van der Waals surface area contributed by atoms with Crippen molar-refractivity contribution < 1.29 is 22.7 Å². The average Bonchev–Trinajstić information content (AvgIpc) is 2.88. The normalized spacial score (nSPS) is 18.3. The summed E-state index contributed by atoms with van der Waals surface area (Å²) in [5.74, 6) is 0.662. The number of carbonyl (C=O) groups is 1. The number of alkyl halides is 3. The summed E-state index contributed by atoms with van der Waals surface area (Å²) < 4.78 is 41.0. The number of benzene rings is 2. The van der Waals surface area contributed by atoms with Crippen molar-refractivity contribution in [2.45, 2.75) is 45.0 Å². The van der Waals surface area contributed by atoms with Gasteiger partial charge in [0, 0.05) is 44.8 Å². The zero-order chi connectivity index (χ0) is 25.5. The van der Waals surface area contributed by atoms with Crippen LogP contribution < -0.4 is 9.64 Å². The largest absolute Gasteiger partial charge is 0.573 e. The van der Waals surface area contributed by atoms with E-state index in [4.69, 9.17) is 0 Å². The van der Waals surface area contributed by atoms with Crippen molar-refractivity contribution in [3.05, 3.63) is 60.2 Å². The molecule has 2 aromatic carbocycles. The van der Waals surface area contributed by atoms with Crippen LogP contribution in [-0.2, 0) is 11.3 Å². The van der Waals surface area contributed by atoms with Crippen LogP contribution in [0, 0.1) is 11.8 Å². The smallest absolute Gasteiger partial charge is 0.406 e. The number of anilines is 1. The van der Waals surface area contributed by atoms with E-state index in [1.54, 1.807) is 12.1 Å². The molecule has 8 heteroatoms. The Morgan fingerprint density at radius 2 is 1.58 bits per heavy atom. The molecule has 0 bridgehead atoms. The number of hydrogen-bond donors (Lipinski definition) is 0. The highest BCUT2D eigenvalue weighted by Crippen LogP contribution is 2.29. The molecule has 0 radical (unpaired) electrons. The van der Waals surface area contributed by atoms with Crippen LogP contribution in [0.15, 0.2) is 54.6 Å². The first-order chi connectivity index (χ1) is 17.3. The zero-order valence-electron chi connectivity index (χ0n) is 20.9. The van der Waals surface area contributed by atoms with Crippen molar-refractivity contribution in [1.82, 2.24) is 9.80 Å². The summed E-state index contributed by atoms with van der Waals surface area (Å²) in [6.45, 7) is 5.45. The molecule has 0 aliphatic carbocycles. The zero-order valence-corrected chi connectivity index (χ0v) is 20.9. The second-order valence-corrected chi connectivity index (χ2v) is 10.1. The van der Waals surface area contributed by atoms with Gasteiger partial charge in [0.15, 0.2) is 0 Å². The van der Waals surface area contributed by atoms with E-state index < -0.39 is 6.36 Å². The Morgan fingerprint density at radius 1 is 0.944 bits per heavy atom. The molecule has 36 heavy (non-hydrogen) atoms. The monoisotopic (exact) mass is 503 g/mol. The molecule has 0 spiro atoms. The summed E-state index contributed by atoms with van der Waals surface area (Å²) in [6, 6.07) is 16.5. The number of carbonyl (C=O) groups excluding carboxylic acids is 1. The first kappa shape index (κ1) is 26.3. The van der Waals surface area contributed by atoms with Gasteiger partial charge in [-0.05, 0) is 80.9 Å². The van der Waals surface area contributed by atoms with Gasteiger partial charge in [-0.2, -0.15) is 0 Å². The number of ether oxygens (including phenoxy) is 1. The van der Waals surface area contributed by atoms with Gasteiger partial charge in [0.2, 0.25) is 5.91 Å². The van der Waals surface area contributed by atoms with Gasteiger partial charge in [-0.1, -0.05) is 30.3 Å². The Hall–Kier alpha value is -2.74. The van der Waals surface area contributed by atoms with Crippen molar-refractivity contribution >= 4 is 11.6 Å². The van der Waals surface area contributed by atoms with Crippen LogP contribution in [0.25, 0.3) is 0 Å². The van der Waals surface area contributed by atoms with Crippen LogP contribution in [0.4, 0.5) is 18.9 Å². The molecule has 0 N–H and O–H groups in total. The number of nitrogens with zero attached hydrogens (tertiary/aromatic N) is 3. The summed E-state index contributed by atoms with van der Waals surface area (Å²) in [5, 5.41) is 0. The summed E-state index contributed by atoms with van der Waals surface area (Å²) in [7, 11) is 1.92. The average molecular weight is 504 g/mol. The van der Waals surface area contributed by atoms with Gasteiger partial charge in [-0.15, -0.1) is 13.2 Å². The van der Waals surface area contributed by atoms with Crippen molar-refractivity contribution in [1.29, 1.82) is 0 Å². The Bertz CT molecular complexity index is 952. The van der Waals surface area contributed by atoms with Crippen LogP contribution in [-0.4, -0.2) is 61.8 Å². The molecule has 2 saturated heterocycles. The first-order valence-electron chi connectivity index (χ1n) is 12.9. The lowest BCUT2D eigenvalue weighted by Gasteiger charge is -2.35. The van der Waals surface area contributed by atoms with Crippen molar-refractivity contribution in [3.63, 3.8) is 0 Å². The maximum Gasteiger partial charge on any atom is 0.573 e. The topological polar surface area (TPSA) is 36.0 Å². The molecule has 0 saturated carbocycles. The van der Waals surface area contributed by atoms with Gasteiger partial charge >= 0.3 is 6.36 Å². The van der Waals surface area contributed by atoms with E-state index in [9.17, 15) is 18.0 Å². The van der Waals surface area contributed by atoms with Crippen LogP contribution in [0.5, 0.6) is 5.75 Å². The molecule has 4 rings (SSSR count).